The van der Waals surface area contributed by atoms with Crippen LogP contribution >= 0.6 is 0 Å². The number of halogens is 1. The highest BCUT2D eigenvalue weighted by Gasteiger charge is 2.02. The minimum Gasteiger partial charge on any atom is -0.241 e. The summed E-state index contributed by atoms with van der Waals surface area (Å²) in [5, 5.41) is 4.03. The second-order valence-electron chi connectivity index (χ2n) is 3.08. The summed E-state index contributed by atoms with van der Waals surface area (Å²) in [6, 6.07) is 6.98. The van der Waals surface area contributed by atoms with Gasteiger partial charge in [-0.25, -0.2) is 9.07 Å². The third kappa shape index (κ3) is 1.53. The number of benzene rings is 1. The Morgan fingerprint density at radius 2 is 2.29 bits per heavy atom. The molecule has 0 atom stereocenters. The Bertz CT molecular complexity index is 421. The molecule has 0 saturated heterocycles. The monoisotopic (exact) mass is 190 g/mol. The lowest BCUT2D eigenvalue weighted by Crippen LogP contribution is -1.96. The van der Waals surface area contributed by atoms with Gasteiger partial charge in [-0.05, 0) is 30.2 Å². The third-order valence-corrected chi connectivity index (χ3v) is 2.19. The molecule has 2 nitrogen and oxygen atoms in total. The predicted molar refractivity (Wildman–Crippen MR) is 52.9 cm³/mol. The molecule has 0 aliphatic rings. The molecule has 0 unspecified atom stereocenters. The standard InChI is InChI=1S/C11H11FN2/c1-2-9-4-5-10(8-11(9)12)14-7-3-6-13-14/h3-8H,2H2,1H3. The molecular weight excluding hydrogens is 179 g/mol. The highest BCUT2D eigenvalue weighted by atomic mass is 19.1. The molecule has 1 aromatic heterocycles. The summed E-state index contributed by atoms with van der Waals surface area (Å²) in [7, 11) is 0. The van der Waals surface area contributed by atoms with E-state index in [2.05, 4.69) is 5.10 Å². The van der Waals surface area contributed by atoms with E-state index in [0.29, 0.717) is 6.42 Å². The summed E-state index contributed by atoms with van der Waals surface area (Å²) >= 11 is 0. The van der Waals surface area contributed by atoms with Gasteiger partial charge < -0.3 is 0 Å². The predicted octanol–water partition coefficient (Wildman–Crippen LogP) is 2.57. The largest absolute Gasteiger partial charge is 0.241 e. The molecule has 0 bridgehead atoms. The van der Waals surface area contributed by atoms with Crippen molar-refractivity contribution in [1.29, 1.82) is 0 Å². The Morgan fingerprint density at radius 3 is 2.86 bits per heavy atom. The minimum atomic E-state index is -0.166. The first-order valence-electron chi connectivity index (χ1n) is 4.59. The summed E-state index contributed by atoms with van der Waals surface area (Å²) in [4.78, 5) is 0. The molecule has 0 saturated carbocycles. The highest BCUT2D eigenvalue weighted by Crippen LogP contribution is 2.13. The Kier molecular flexibility index (Phi) is 2.31. The van der Waals surface area contributed by atoms with Crippen molar-refractivity contribution in [3.8, 4) is 5.69 Å². The Hall–Kier alpha value is -1.64. The van der Waals surface area contributed by atoms with Crippen molar-refractivity contribution >= 4 is 0 Å². The van der Waals surface area contributed by atoms with E-state index in [0.717, 1.165) is 11.3 Å². The SMILES string of the molecule is CCc1ccc(-n2cccn2)cc1F. The van der Waals surface area contributed by atoms with Gasteiger partial charge in [0.25, 0.3) is 0 Å². The molecule has 0 amide bonds. The zero-order chi connectivity index (χ0) is 9.97. The fraction of sp³-hybridized carbons (Fsp3) is 0.182. The number of aromatic nitrogens is 2. The van der Waals surface area contributed by atoms with E-state index in [1.54, 1.807) is 23.1 Å². The topological polar surface area (TPSA) is 17.8 Å². The van der Waals surface area contributed by atoms with Gasteiger partial charge in [0.15, 0.2) is 0 Å². The zero-order valence-corrected chi connectivity index (χ0v) is 7.94. The maximum absolute atomic E-state index is 13.4. The van der Waals surface area contributed by atoms with Crippen LogP contribution in [0.25, 0.3) is 5.69 Å². The maximum atomic E-state index is 13.4. The lowest BCUT2D eigenvalue weighted by atomic mass is 10.1. The summed E-state index contributed by atoms with van der Waals surface area (Å²) in [6.45, 7) is 1.94. The summed E-state index contributed by atoms with van der Waals surface area (Å²) in [5.74, 6) is -0.166. The van der Waals surface area contributed by atoms with Gasteiger partial charge in [-0.3, -0.25) is 0 Å². The molecule has 72 valence electrons. The lowest BCUT2D eigenvalue weighted by Gasteiger charge is -2.04. The van der Waals surface area contributed by atoms with E-state index in [-0.39, 0.29) is 5.82 Å². The Balaban J connectivity index is 2.43. The molecule has 0 fully saturated rings. The van der Waals surface area contributed by atoms with Crippen LogP contribution in [-0.2, 0) is 6.42 Å². The molecular formula is C11H11FN2. The van der Waals surface area contributed by atoms with Crippen LogP contribution in [0.1, 0.15) is 12.5 Å². The Morgan fingerprint density at radius 1 is 1.43 bits per heavy atom. The summed E-state index contributed by atoms with van der Waals surface area (Å²) in [5.41, 5.74) is 1.49. The van der Waals surface area contributed by atoms with Crippen LogP contribution in [0.4, 0.5) is 4.39 Å². The van der Waals surface area contributed by atoms with E-state index < -0.39 is 0 Å². The van der Waals surface area contributed by atoms with Gasteiger partial charge in [-0.15, -0.1) is 0 Å². The van der Waals surface area contributed by atoms with Gasteiger partial charge >= 0.3 is 0 Å². The van der Waals surface area contributed by atoms with Gasteiger partial charge in [-0.2, -0.15) is 5.10 Å². The van der Waals surface area contributed by atoms with Crippen LogP contribution in [0.2, 0.25) is 0 Å². The minimum absolute atomic E-state index is 0.166. The molecule has 1 aromatic carbocycles. The summed E-state index contributed by atoms with van der Waals surface area (Å²) < 4.78 is 15.0. The van der Waals surface area contributed by atoms with Crippen molar-refractivity contribution in [3.63, 3.8) is 0 Å². The second kappa shape index (κ2) is 3.62. The molecule has 0 radical (unpaired) electrons. The first-order valence-corrected chi connectivity index (χ1v) is 4.59. The number of aryl methyl sites for hydroxylation is 1. The smallest absolute Gasteiger partial charge is 0.128 e. The molecule has 3 heteroatoms. The van der Waals surface area contributed by atoms with Crippen LogP contribution in [0.15, 0.2) is 36.7 Å². The van der Waals surface area contributed by atoms with E-state index in [1.807, 2.05) is 19.1 Å². The average molecular weight is 190 g/mol. The molecule has 0 aliphatic heterocycles. The van der Waals surface area contributed by atoms with Gasteiger partial charge in [0.05, 0.1) is 5.69 Å². The fourth-order valence-corrected chi connectivity index (χ4v) is 1.39. The van der Waals surface area contributed by atoms with Gasteiger partial charge in [0, 0.05) is 12.4 Å². The van der Waals surface area contributed by atoms with Gasteiger partial charge in [0.1, 0.15) is 5.82 Å². The van der Waals surface area contributed by atoms with E-state index in [9.17, 15) is 4.39 Å². The highest BCUT2D eigenvalue weighted by molar-refractivity contribution is 5.34. The first-order chi connectivity index (χ1) is 6.81. The number of rotatable bonds is 2. The van der Waals surface area contributed by atoms with Crippen molar-refractivity contribution in [1.82, 2.24) is 9.78 Å². The van der Waals surface area contributed by atoms with E-state index >= 15 is 0 Å². The van der Waals surface area contributed by atoms with Crippen molar-refractivity contribution in [2.45, 2.75) is 13.3 Å². The van der Waals surface area contributed by atoms with Crippen molar-refractivity contribution in [2.75, 3.05) is 0 Å². The van der Waals surface area contributed by atoms with Crippen LogP contribution in [0, 0.1) is 5.82 Å². The molecule has 2 rings (SSSR count). The van der Waals surface area contributed by atoms with Crippen LogP contribution < -0.4 is 0 Å². The number of hydrogen-bond acceptors (Lipinski definition) is 1. The van der Waals surface area contributed by atoms with Crippen molar-refractivity contribution in [2.24, 2.45) is 0 Å². The van der Waals surface area contributed by atoms with Crippen LogP contribution in [0.5, 0.6) is 0 Å². The molecule has 14 heavy (non-hydrogen) atoms. The molecule has 0 spiro atoms. The van der Waals surface area contributed by atoms with E-state index in [1.165, 1.54) is 6.07 Å². The van der Waals surface area contributed by atoms with Crippen molar-refractivity contribution < 1.29 is 4.39 Å². The molecule has 0 N–H and O–H groups in total. The van der Waals surface area contributed by atoms with E-state index in [4.69, 9.17) is 0 Å². The zero-order valence-electron chi connectivity index (χ0n) is 7.94. The molecule has 0 aliphatic carbocycles. The average Bonchev–Trinajstić information content (AvgIpc) is 2.70. The van der Waals surface area contributed by atoms with Crippen molar-refractivity contribution in [3.05, 3.63) is 48.0 Å². The van der Waals surface area contributed by atoms with Gasteiger partial charge in [-0.1, -0.05) is 13.0 Å². The Labute approximate surface area is 82.0 Å². The normalized spacial score (nSPS) is 10.4. The molecule has 1 heterocycles. The third-order valence-electron chi connectivity index (χ3n) is 2.19. The first kappa shape index (κ1) is 8.94. The number of nitrogens with zero attached hydrogens (tertiary/aromatic N) is 2. The maximum Gasteiger partial charge on any atom is 0.128 e. The van der Waals surface area contributed by atoms with Gasteiger partial charge in [0.2, 0.25) is 0 Å². The number of hydrogen-bond donors (Lipinski definition) is 0. The lowest BCUT2D eigenvalue weighted by molar-refractivity contribution is 0.610. The fourth-order valence-electron chi connectivity index (χ4n) is 1.39. The summed E-state index contributed by atoms with van der Waals surface area (Å²) in [6.07, 6.45) is 4.18. The quantitative estimate of drug-likeness (QED) is 0.711. The van der Waals surface area contributed by atoms with Crippen LogP contribution in [0.3, 0.4) is 0 Å². The second-order valence-corrected chi connectivity index (χ2v) is 3.08. The van der Waals surface area contributed by atoms with Crippen LogP contribution in [-0.4, -0.2) is 9.78 Å². The molecule has 2 aromatic rings.